The molecule has 5 nitrogen and oxygen atoms in total. The number of hydrogen-bond acceptors (Lipinski definition) is 5. The Balaban J connectivity index is 2.74. The van der Waals surface area contributed by atoms with Crippen molar-refractivity contribution in [3.63, 3.8) is 0 Å². The summed E-state index contributed by atoms with van der Waals surface area (Å²) in [4.78, 5) is 6.40. The maximum absolute atomic E-state index is 10.1. The van der Waals surface area contributed by atoms with E-state index in [1.807, 2.05) is 38.1 Å². The van der Waals surface area contributed by atoms with E-state index in [9.17, 15) is 10.4 Å². The number of phenolic OH excluding ortho intramolecular Hbond substituents is 1. The number of pyridine rings is 1. The zero-order valence-electron chi connectivity index (χ0n) is 14.9. The van der Waals surface area contributed by atoms with Gasteiger partial charge in [0.15, 0.2) is 0 Å². The zero-order valence-corrected chi connectivity index (χ0v) is 14.9. The maximum atomic E-state index is 10.1. The minimum Gasteiger partial charge on any atom is -0.508 e. The highest BCUT2D eigenvalue weighted by Gasteiger charge is 2.19. The van der Waals surface area contributed by atoms with E-state index in [0.29, 0.717) is 12.1 Å². The molecule has 24 heavy (non-hydrogen) atoms. The molecule has 1 heterocycles. The van der Waals surface area contributed by atoms with Crippen LogP contribution in [0.4, 0.5) is 5.82 Å². The van der Waals surface area contributed by atoms with Gasteiger partial charge in [0, 0.05) is 23.4 Å². The van der Waals surface area contributed by atoms with E-state index >= 15 is 0 Å². The van der Waals surface area contributed by atoms with Crippen LogP contribution in [-0.2, 0) is 6.54 Å². The molecule has 0 saturated heterocycles. The van der Waals surface area contributed by atoms with E-state index < -0.39 is 0 Å². The summed E-state index contributed by atoms with van der Waals surface area (Å²) in [7, 11) is 3.89. The second-order valence-corrected chi connectivity index (χ2v) is 6.61. The van der Waals surface area contributed by atoms with Gasteiger partial charge in [-0.1, -0.05) is 19.9 Å². The zero-order chi connectivity index (χ0) is 18.0. The van der Waals surface area contributed by atoms with Crippen LogP contribution in [-0.4, -0.2) is 29.1 Å². The van der Waals surface area contributed by atoms with Gasteiger partial charge in [-0.05, 0) is 50.2 Å². The molecule has 0 atom stereocenters. The van der Waals surface area contributed by atoms with Crippen molar-refractivity contribution < 1.29 is 5.11 Å². The number of nitriles is 1. The van der Waals surface area contributed by atoms with Crippen LogP contribution in [0, 0.1) is 18.3 Å². The summed E-state index contributed by atoms with van der Waals surface area (Å²) < 4.78 is 0. The second kappa shape index (κ2) is 6.90. The fourth-order valence-electron chi connectivity index (χ4n) is 2.96. The molecule has 0 bridgehead atoms. The first kappa shape index (κ1) is 17.8. The number of nitrogens with two attached hydrogens (primary N) is 1. The van der Waals surface area contributed by atoms with Gasteiger partial charge in [-0.3, -0.25) is 0 Å². The molecule has 0 aliphatic carbocycles. The number of nitrogen functional groups attached to an aromatic ring is 1. The molecule has 0 fully saturated rings. The SMILES string of the molecule is Cc1c(C(C)C)nc(N)c(C#N)c1-c1ccc(O)c(CN(C)C)c1. The quantitative estimate of drug-likeness (QED) is 0.900. The van der Waals surface area contributed by atoms with Crippen molar-refractivity contribution in [3.05, 3.63) is 40.6 Å². The van der Waals surface area contributed by atoms with Crippen LogP contribution >= 0.6 is 0 Å². The lowest BCUT2D eigenvalue weighted by molar-refractivity contribution is 0.386. The summed E-state index contributed by atoms with van der Waals surface area (Å²) in [6, 6.07) is 7.59. The molecule has 0 aliphatic heterocycles. The number of phenols is 1. The average molecular weight is 324 g/mol. The molecule has 0 radical (unpaired) electrons. The normalized spacial score (nSPS) is 11.1. The van der Waals surface area contributed by atoms with Gasteiger partial charge in [0.25, 0.3) is 0 Å². The number of aromatic nitrogens is 1. The van der Waals surface area contributed by atoms with E-state index in [1.54, 1.807) is 6.07 Å². The fourth-order valence-corrected chi connectivity index (χ4v) is 2.96. The predicted octanol–water partition coefficient (Wildman–Crippen LogP) is 3.40. The van der Waals surface area contributed by atoms with E-state index in [2.05, 4.69) is 24.9 Å². The molecule has 1 aromatic carbocycles. The number of anilines is 1. The summed E-state index contributed by atoms with van der Waals surface area (Å²) in [5.41, 5.74) is 10.7. The highest BCUT2D eigenvalue weighted by atomic mass is 16.3. The van der Waals surface area contributed by atoms with E-state index in [0.717, 1.165) is 27.9 Å². The molecule has 0 amide bonds. The number of benzene rings is 1. The molecular formula is C19H24N4O. The van der Waals surface area contributed by atoms with Gasteiger partial charge in [0.1, 0.15) is 23.2 Å². The number of nitrogens with zero attached hydrogens (tertiary/aromatic N) is 3. The highest BCUT2D eigenvalue weighted by molar-refractivity contribution is 5.79. The fraction of sp³-hybridized carbons (Fsp3) is 0.368. The Morgan fingerprint density at radius 1 is 1.33 bits per heavy atom. The molecule has 3 N–H and O–H groups in total. The summed E-state index contributed by atoms with van der Waals surface area (Å²) in [6.45, 7) is 6.69. The molecule has 0 spiro atoms. The van der Waals surface area contributed by atoms with Crippen molar-refractivity contribution in [2.75, 3.05) is 19.8 Å². The van der Waals surface area contributed by atoms with Crippen LogP contribution in [0.5, 0.6) is 5.75 Å². The Labute approximate surface area is 143 Å². The Morgan fingerprint density at radius 3 is 2.54 bits per heavy atom. The van der Waals surface area contributed by atoms with Crippen molar-refractivity contribution in [1.29, 1.82) is 5.26 Å². The predicted molar refractivity (Wildman–Crippen MR) is 96.7 cm³/mol. The van der Waals surface area contributed by atoms with Crippen LogP contribution in [0.15, 0.2) is 18.2 Å². The Bertz CT molecular complexity index is 804. The average Bonchev–Trinajstić information content (AvgIpc) is 2.50. The molecule has 2 rings (SSSR count). The van der Waals surface area contributed by atoms with Crippen LogP contribution in [0.1, 0.15) is 42.1 Å². The first-order valence-corrected chi connectivity index (χ1v) is 7.93. The molecule has 0 aliphatic rings. The van der Waals surface area contributed by atoms with Gasteiger partial charge >= 0.3 is 0 Å². The summed E-state index contributed by atoms with van der Waals surface area (Å²) in [5.74, 6) is 0.705. The Kier molecular flexibility index (Phi) is 5.10. The highest BCUT2D eigenvalue weighted by Crippen LogP contribution is 2.36. The van der Waals surface area contributed by atoms with E-state index in [4.69, 9.17) is 5.73 Å². The molecule has 5 heteroatoms. The molecule has 1 aromatic heterocycles. The monoisotopic (exact) mass is 324 g/mol. The van der Waals surface area contributed by atoms with Gasteiger partial charge in [-0.15, -0.1) is 0 Å². The van der Waals surface area contributed by atoms with E-state index in [-0.39, 0.29) is 17.5 Å². The van der Waals surface area contributed by atoms with Crippen LogP contribution in [0.3, 0.4) is 0 Å². The van der Waals surface area contributed by atoms with Gasteiger partial charge in [-0.25, -0.2) is 4.98 Å². The van der Waals surface area contributed by atoms with Crippen molar-refractivity contribution in [3.8, 4) is 22.9 Å². The third kappa shape index (κ3) is 3.34. The minimum absolute atomic E-state index is 0.206. The van der Waals surface area contributed by atoms with Crippen LogP contribution < -0.4 is 5.73 Å². The van der Waals surface area contributed by atoms with Gasteiger partial charge in [-0.2, -0.15) is 5.26 Å². The van der Waals surface area contributed by atoms with Gasteiger partial charge in [0.2, 0.25) is 0 Å². The van der Waals surface area contributed by atoms with Crippen LogP contribution in [0.2, 0.25) is 0 Å². The van der Waals surface area contributed by atoms with Gasteiger partial charge < -0.3 is 15.7 Å². The van der Waals surface area contributed by atoms with Crippen molar-refractivity contribution in [1.82, 2.24) is 9.88 Å². The van der Waals surface area contributed by atoms with E-state index in [1.165, 1.54) is 0 Å². The van der Waals surface area contributed by atoms with Crippen molar-refractivity contribution in [2.45, 2.75) is 33.2 Å². The summed E-state index contributed by atoms with van der Waals surface area (Å²) in [5, 5.41) is 19.7. The van der Waals surface area contributed by atoms with Crippen molar-refractivity contribution >= 4 is 5.82 Å². The lowest BCUT2D eigenvalue weighted by Gasteiger charge is -2.18. The molecule has 126 valence electrons. The molecule has 0 unspecified atom stereocenters. The summed E-state index contributed by atoms with van der Waals surface area (Å²) in [6.07, 6.45) is 0. The molecular weight excluding hydrogens is 300 g/mol. The molecule has 0 saturated carbocycles. The topological polar surface area (TPSA) is 86.2 Å². The third-order valence-electron chi connectivity index (χ3n) is 4.02. The minimum atomic E-state index is 0.206. The number of aromatic hydroxyl groups is 1. The number of rotatable bonds is 4. The lowest BCUT2D eigenvalue weighted by Crippen LogP contribution is -2.11. The lowest BCUT2D eigenvalue weighted by atomic mass is 9.91. The standard InChI is InChI=1S/C19H24N4O/c1-11(2)18-12(3)17(15(9-20)19(21)22-18)13-6-7-16(24)14(8-13)10-23(4)5/h6-8,11,24H,10H2,1-5H3,(H2,21,22). The maximum Gasteiger partial charge on any atom is 0.142 e. The van der Waals surface area contributed by atoms with Crippen LogP contribution in [0.25, 0.3) is 11.1 Å². The molecule has 2 aromatic rings. The van der Waals surface area contributed by atoms with Crippen molar-refractivity contribution in [2.24, 2.45) is 0 Å². The third-order valence-corrected chi connectivity index (χ3v) is 4.02. The first-order valence-electron chi connectivity index (χ1n) is 7.93. The first-order chi connectivity index (χ1) is 11.3. The Morgan fingerprint density at radius 2 is 2.00 bits per heavy atom. The smallest absolute Gasteiger partial charge is 0.142 e. The largest absolute Gasteiger partial charge is 0.508 e. The Hall–Kier alpha value is -2.58. The number of hydrogen-bond donors (Lipinski definition) is 2. The van der Waals surface area contributed by atoms with Gasteiger partial charge in [0.05, 0.1) is 0 Å². The second-order valence-electron chi connectivity index (χ2n) is 6.61. The summed E-state index contributed by atoms with van der Waals surface area (Å²) >= 11 is 0.